The molecular weight excluding hydrogens is 310 g/mol. The van der Waals surface area contributed by atoms with E-state index in [2.05, 4.69) is 0 Å². The summed E-state index contributed by atoms with van der Waals surface area (Å²) in [7, 11) is 0. The molecule has 3 rings (SSSR count). The zero-order valence-electron chi connectivity index (χ0n) is 12.6. The van der Waals surface area contributed by atoms with Gasteiger partial charge in [-0.25, -0.2) is 4.79 Å². The molecule has 0 saturated heterocycles. The van der Waals surface area contributed by atoms with Gasteiger partial charge in [-0.2, -0.15) is 0 Å². The molecule has 1 aliphatic heterocycles. The zero-order chi connectivity index (χ0) is 16.2. The molecule has 1 aliphatic rings. The second-order valence-corrected chi connectivity index (χ2v) is 5.96. The van der Waals surface area contributed by atoms with E-state index in [1.54, 1.807) is 29.7 Å². The van der Waals surface area contributed by atoms with Gasteiger partial charge in [0.05, 0.1) is 11.4 Å². The number of benzene rings is 2. The highest BCUT2D eigenvalue weighted by atomic mass is 32.2. The van der Waals surface area contributed by atoms with E-state index in [0.29, 0.717) is 0 Å². The number of hydrogen-bond acceptors (Lipinski definition) is 4. The lowest BCUT2D eigenvalue weighted by atomic mass is 10.2. The maximum atomic E-state index is 12.6. The van der Waals surface area contributed by atoms with Gasteiger partial charge >= 0.3 is 5.97 Å². The predicted octanol–water partition coefficient (Wildman–Crippen LogP) is 3.94. The third kappa shape index (κ3) is 3.14. The highest BCUT2D eigenvalue weighted by molar-refractivity contribution is 7.99. The Balaban J connectivity index is 1.92. The van der Waals surface area contributed by atoms with Gasteiger partial charge in [0, 0.05) is 15.9 Å². The van der Waals surface area contributed by atoms with Gasteiger partial charge in [0.15, 0.2) is 6.61 Å². The molecule has 5 heteroatoms. The number of rotatable bonds is 3. The summed E-state index contributed by atoms with van der Waals surface area (Å²) in [5.74, 6) is -0.795. The molecule has 1 heterocycles. The molecule has 0 saturated carbocycles. The van der Waals surface area contributed by atoms with Crippen LogP contribution in [0.4, 0.5) is 11.4 Å². The summed E-state index contributed by atoms with van der Waals surface area (Å²) < 4.78 is 5.00. The number of para-hydroxylation sites is 2. The Morgan fingerprint density at radius 3 is 2.17 bits per heavy atom. The Kier molecular flexibility index (Phi) is 4.48. The van der Waals surface area contributed by atoms with Crippen LogP contribution in [0.25, 0.3) is 0 Å². The predicted molar refractivity (Wildman–Crippen MR) is 89.9 cm³/mol. The normalized spacial score (nSPS) is 12.7. The Hall–Kier alpha value is -2.53. The molecular formula is C18H15NO3S. The largest absolute Gasteiger partial charge is 0.452 e. The molecule has 0 radical (unpaired) electrons. The second-order valence-electron chi connectivity index (χ2n) is 4.87. The molecule has 0 aliphatic carbocycles. The molecule has 0 N–H and O–H groups in total. The first-order chi connectivity index (χ1) is 11.2. The van der Waals surface area contributed by atoms with E-state index >= 15 is 0 Å². The Morgan fingerprint density at radius 1 is 1.04 bits per heavy atom. The third-order valence-electron chi connectivity index (χ3n) is 3.32. The molecule has 2 aromatic rings. The summed E-state index contributed by atoms with van der Waals surface area (Å²) in [6, 6.07) is 15.4. The van der Waals surface area contributed by atoms with Gasteiger partial charge in [0.25, 0.3) is 5.91 Å². The number of esters is 1. The molecule has 0 spiro atoms. The van der Waals surface area contributed by atoms with Crippen molar-refractivity contribution < 1.29 is 14.3 Å². The van der Waals surface area contributed by atoms with E-state index in [-0.39, 0.29) is 12.5 Å². The Morgan fingerprint density at radius 2 is 1.61 bits per heavy atom. The highest BCUT2D eigenvalue weighted by Crippen LogP contribution is 2.47. The van der Waals surface area contributed by atoms with Crippen LogP contribution in [-0.4, -0.2) is 18.5 Å². The van der Waals surface area contributed by atoms with E-state index < -0.39 is 5.97 Å². The van der Waals surface area contributed by atoms with E-state index in [0.717, 1.165) is 21.2 Å². The highest BCUT2D eigenvalue weighted by Gasteiger charge is 2.28. The zero-order valence-corrected chi connectivity index (χ0v) is 13.4. The second kappa shape index (κ2) is 6.71. The van der Waals surface area contributed by atoms with Crippen molar-refractivity contribution in [2.75, 3.05) is 11.5 Å². The lowest BCUT2D eigenvalue weighted by Gasteiger charge is -2.30. The molecule has 0 bridgehead atoms. The first-order valence-electron chi connectivity index (χ1n) is 7.19. The SMILES string of the molecule is C/C=C/C(=O)OCC(=O)N1c2ccccc2Sc2ccccc21. The molecule has 2 aromatic carbocycles. The number of carbonyl (C=O) groups is 2. The quantitative estimate of drug-likeness (QED) is 0.633. The minimum absolute atomic E-state index is 0.275. The van der Waals surface area contributed by atoms with Crippen molar-refractivity contribution in [3.8, 4) is 0 Å². The number of carbonyl (C=O) groups excluding carboxylic acids is 2. The smallest absolute Gasteiger partial charge is 0.330 e. The van der Waals surface area contributed by atoms with Crippen molar-refractivity contribution in [1.82, 2.24) is 0 Å². The average Bonchev–Trinajstić information content (AvgIpc) is 2.57. The molecule has 0 aromatic heterocycles. The van der Waals surface area contributed by atoms with Crippen molar-refractivity contribution in [3.05, 3.63) is 60.7 Å². The lowest BCUT2D eigenvalue weighted by molar-refractivity contribution is -0.142. The number of anilines is 2. The van der Waals surface area contributed by atoms with Gasteiger partial charge in [-0.15, -0.1) is 0 Å². The van der Waals surface area contributed by atoms with Gasteiger partial charge < -0.3 is 4.74 Å². The van der Waals surface area contributed by atoms with Crippen LogP contribution in [0.15, 0.2) is 70.5 Å². The van der Waals surface area contributed by atoms with Crippen molar-refractivity contribution in [2.24, 2.45) is 0 Å². The summed E-state index contributed by atoms with van der Waals surface area (Å²) in [5.41, 5.74) is 1.62. The first kappa shape index (κ1) is 15.4. The van der Waals surface area contributed by atoms with Crippen LogP contribution in [-0.2, 0) is 14.3 Å². The summed E-state index contributed by atoms with van der Waals surface area (Å²) in [4.78, 5) is 27.7. The van der Waals surface area contributed by atoms with Gasteiger partial charge in [-0.3, -0.25) is 9.69 Å². The number of nitrogens with zero attached hydrogens (tertiary/aromatic N) is 1. The van der Waals surface area contributed by atoms with Gasteiger partial charge in [0.1, 0.15) is 0 Å². The fourth-order valence-corrected chi connectivity index (χ4v) is 3.41. The maximum absolute atomic E-state index is 12.6. The van der Waals surface area contributed by atoms with Crippen LogP contribution in [0.3, 0.4) is 0 Å². The summed E-state index contributed by atoms with van der Waals surface area (Å²) in [6.45, 7) is 1.42. The van der Waals surface area contributed by atoms with Crippen LogP contribution in [0.2, 0.25) is 0 Å². The minimum Gasteiger partial charge on any atom is -0.452 e. The Bertz CT molecular complexity index is 740. The van der Waals surface area contributed by atoms with Crippen molar-refractivity contribution in [1.29, 1.82) is 0 Å². The van der Waals surface area contributed by atoms with Crippen molar-refractivity contribution in [2.45, 2.75) is 16.7 Å². The van der Waals surface area contributed by atoms with Gasteiger partial charge in [-0.05, 0) is 31.2 Å². The maximum Gasteiger partial charge on any atom is 0.330 e. The fraction of sp³-hybridized carbons (Fsp3) is 0.111. The average molecular weight is 325 g/mol. The van der Waals surface area contributed by atoms with E-state index in [1.165, 1.54) is 6.08 Å². The molecule has 0 fully saturated rings. The van der Waals surface area contributed by atoms with Crippen LogP contribution >= 0.6 is 11.8 Å². The van der Waals surface area contributed by atoms with Crippen molar-refractivity contribution >= 4 is 35.0 Å². The topological polar surface area (TPSA) is 46.6 Å². The third-order valence-corrected chi connectivity index (χ3v) is 4.45. The number of amides is 1. The standard InChI is InChI=1S/C18H15NO3S/c1-2-7-18(21)22-12-17(20)19-13-8-3-5-10-15(13)23-16-11-6-4-9-14(16)19/h2-11H,12H2,1H3/b7-2+. The van der Waals surface area contributed by atoms with Gasteiger partial charge in [-0.1, -0.05) is 42.1 Å². The van der Waals surface area contributed by atoms with Crippen LogP contribution in [0, 0.1) is 0 Å². The monoisotopic (exact) mass is 325 g/mol. The number of ether oxygens (including phenoxy) is 1. The van der Waals surface area contributed by atoms with Crippen LogP contribution in [0.1, 0.15) is 6.92 Å². The Labute approximate surface area is 138 Å². The minimum atomic E-state index is -0.520. The molecule has 116 valence electrons. The molecule has 1 amide bonds. The van der Waals surface area contributed by atoms with E-state index in [1.807, 2.05) is 48.5 Å². The molecule has 0 unspecified atom stereocenters. The molecule has 0 atom stereocenters. The van der Waals surface area contributed by atoms with Gasteiger partial charge in [0.2, 0.25) is 0 Å². The first-order valence-corrected chi connectivity index (χ1v) is 8.00. The summed E-state index contributed by atoms with van der Waals surface area (Å²) >= 11 is 1.62. The summed E-state index contributed by atoms with van der Waals surface area (Å²) in [5, 5.41) is 0. The van der Waals surface area contributed by atoms with E-state index in [9.17, 15) is 9.59 Å². The summed E-state index contributed by atoms with van der Waals surface area (Å²) in [6.07, 6.45) is 2.87. The van der Waals surface area contributed by atoms with Crippen LogP contribution < -0.4 is 4.90 Å². The molecule has 4 nitrogen and oxygen atoms in total. The fourth-order valence-electron chi connectivity index (χ4n) is 2.35. The number of fused-ring (bicyclic) bond motifs is 2. The van der Waals surface area contributed by atoms with Crippen LogP contribution in [0.5, 0.6) is 0 Å². The molecule has 23 heavy (non-hydrogen) atoms. The lowest BCUT2D eigenvalue weighted by Crippen LogP contribution is -2.32. The van der Waals surface area contributed by atoms with E-state index in [4.69, 9.17) is 4.74 Å². The number of hydrogen-bond donors (Lipinski definition) is 0. The van der Waals surface area contributed by atoms with Crippen molar-refractivity contribution in [3.63, 3.8) is 0 Å². The number of allylic oxidation sites excluding steroid dienone is 1.